The van der Waals surface area contributed by atoms with Gasteiger partial charge in [0.05, 0.1) is 106 Å². The summed E-state index contributed by atoms with van der Waals surface area (Å²) in [5.41, 5.74) is 1.21. The molecule has 0 radical (unpaired) electrons. The number of likely N-dealkylation sites (tertiary alicyclic amines) is 1. The van der Waals surface area contributed by atoms with Crippen molar-refractivity contribution in [1.29, 1.82) is 0 Å². The fourth-order valence-electron chi connectivity index (χ4n) is 10.1. The summed E-state index contributed by atoms with van der Waals surface area (Å²) in [4.78, 5) is 115. The van der Waals surface area contributed by atoms with Crippen molar-refractivity contribution in [2.75, 3.05) is 110 Å². The molecule has 8 amide bonds. The predicted molar refractivity (Wildman–Crippen MR) is 325 cm³/mol. The average molecular weight is 1240 g/mol. The Balaban J connectivity index is 1.48. The highest BCUT2D eigenvalue weighted by Gasteiger charge is 2.44. The molecule has 0 spiro atoms. The first kappa shape index (κ1) is 73.6. The number of ether oxygens (including phenoxy) is 6. The summed E-state index contributed by atoms with van der Waals surface area (Å²) in [7, 11) is 6.21. The molecular weight excluding hydrogens is 1140 g/mol. The second-order valence-corrected chi connectivity index (χ2v) is 22.3. The Hall–Kier alpha value is -5.63. The standard InChI is InChI=1S/C60H92Cl2N8O15/c1-13-39(6)54(47(80-11)33-50(73)70-24-17-20-46(70)56(81-12)40(7)57(76)64-41(8)55(75)42-18-15-14-16-19-42)69(10)60(79)52(37(2)3)67-59(78)53(38(4)5)68(9)51(74)36-85-31-30-84-29-28-83-27-26-82-25-23-63-58(77)43-21-22-44(65-48(71)34-61)45(32-43)66-49(72)35-62/h14-16,18-19,21-23,32,37-41,46-47,52-56,75H,13,17,20,24-31,33-36H2,1-12H3,(H,64,76)(H,65,71)(H,66,72)(H,67,78)/b63-23+/t39?,40?,41-,46?,47?,52-,53?,54?,55-,56?/m0/s1. The van der Waals surface area contributed by atoms with E-state index in [9.17, 15) is 43.5 Å². The Kier molecular flexibility index (Phi) is 33.4. The van der Waals surface area contributed by atoms with Crippen molar-refractivity contribution >= 4 is 88.0 Å². The second kappa shape index (κ2) is 38.5. The molecule has 2 aromatic rings. The number of amides is 8. The van der Waals surface area contributed by atoms with E-state index in [4.69, 9.17) is 51.6 Å². The lowest BCUT2D eigenvalue weighted by Crippen LogP contribution is -2.60. The third-order valence-electron chi connectivity index (χ3n) is 15.0. The van der Waals surface area contributed by atoms with Gasteiger partial charge in [0, 0.05) is 46.6 Å². The number of rotatable bonds is 38. The normalized spacial score (nSPS) is 16.6. The summed E-state index contributed by atoms with van der Waals surface area (Å²) in [6, 6.07) is 9.78. The maximum atomic E-state index is 14.7. The zero-order valence-electron chi connectivity index (χ0n) is 51.4. The van der Waals surface area contributed by atoms with Gasteiger partial charge in [0.15, 0.2) is 0 Å². The van der Waals surface area contributed by atoms with Gasteiger partial charge in [-0.15, -0.1) is 23.2 Å². The minimum atomic E-state index is -0.995. The lowest BCUT2D eigenvalue weighted by Gasteiger charge is -2.41. The summed E-state index contributed by atoms with van der Waals surface area (Å²) in [5.74, 6) is -5.70. The van der Waals surface area contributed by atoms with E-state index in [0.29, 0.717) is 31.4 Å². The van der Waals surface area contributed by atoms with Gasteiger partial charge < -0.3 is 69.5 Å². The molecule has 2 aromatic carbocycles. The molecule has 0 bridgehead atoms. The SMILES string of the molecule is CCC(C)C(C(CC(=O)N1CCCC1C(OC)C(C)C(=O)N[C@@H](C)[C@H](O)c1ccccc1)OC)N(C)C(=O)[C@@H](NC(=O)C(C(C)C)N(C)C(=O)COCCOCCOCCOC/C=N/C(=O)c1ccc(NC(=O)CCl)c(NC(=O)CCl)c1)C(C)C. The molecule has 0 aliphatic carbocycles. The highest BCUT2D eigenvalue weighted by Crippen LogP contribution is 2.31. The van der Waals surface area contributed by atoms with Gasteiger partial charge in [-0.3, -0.25) is 38.4 Å². The Labute approximate surface area is 511 Å². The smallest absolute Gasteiger partial charge is 0.276 e. The zero-order valence-corrected chi connectivity index (χ0v) is 53.0. The molecule has 3 rings (SSSR count). The Morgan fingerprint density at radius 3 is 1.92 bits per heavy atom. The van der Waals surface area contributed by atoms with Crippen molar-refractivity contribution in [3.63, 3.8) is 0 Å². The van der Waals surface area contributed by atoms with E-state index in [2.05, 4.69) is 26.3 Å². The van der Waals surface area contributed by atoms with Gasteiger partial charge >= 0.3 is 0 Å². The van der Waals surface area contributed by atoms with Crippen LogP contribution in [0.4, 0.5) is 11.4 Å². The molecule has 0 saturated carbocycles. The van der Waals surface area contributed by atoms with Gasteiger partial charge in [0.2, 0.25) is 41.4 Å². The molecule has 23 nitrogen and oxygen atoms in total. The van der Waals surface area contributed by atoms with E-state index in [0.717, 1.165) is 0 Å². The predicted octanol–water partition coefficient (Wildman–Crippen LogP) is 5.10. The van der Waals surface area contributed by atoms with E-state index in [1.54, 1.807) is 42.8 Å². The summed E-state index contributed by atoms with van der Waals surface area (Å²) in [6.07, 6.45) is 0.875. The van der Waals surface area contributed by atoms with E-state index in [1.807, 2.05) is 59.7 Å². The van der Waals surface area contributed by atoms with Gasteiger partial charge in [-0.2, -0.15) is 0 Å². The number of aliphatic imine (C=N–C) groups is 1. The zero-order chi connectivity index (χ0) is 63.3. The van der Waals surface area contributed by atoms with Crippen molar-refractivity contribution in [3.05, 3.63) is 59.7 Å². The van der Waals surface area contributed by atoms with Gasteiger partial charge in [-0.25, -0.2) is 4.99 Å². The molecule has 1 aliphatic rings. The summed E-state index contributed by atoms with van der Waals surface area (Å²) < 4.78 is 34.2. The Morgan fingerprint density at radius 2 is 1.35 bits per heavy atom. The highest BCUT2D eigenvalue weighted by atomic mass is 35.5. The quantitative estimate of drug-likeness (QED) is 0.0332. The molecule has 5 N–H and O–H groups in total. The highest BCUT2D eigenvalue weighted by molar-refractivity contribution is 6.30. The molecule has 476 valence electrons. The minimum Gasteiger partial charge on any atom is -0.386 e. The van der Waals surface area contributed by atoms with Crippen LogP contribution in [0.15, 0.2) is 53.5 Å². The molecule has 10 atom stereocenters. The number of likely N-dealkylation sites (N-methyl/N-ethyl adjacent to an activating group) is 2. The topological polar surface area (TPSA) is 282 Å². The molecule has 85 heavy (non-hydrogen) atoms. The third-order valence-corrected chi connectivity index (χ3v) is 15.5. The molecule has 1 heterocycles. The Morgan fingerprint density at radius 1 is 0.753 bits per heavy atom. The molecule has 0 aromatic heterocycles. The minimum absolute atomic E-state index is 0.0182. The van der Waals surface area contributed by atoms with Crippen LogP contribution in [0.3, 0.4) is 0 Å². The number of carbonyl (C=O) groups excluding carboxylic acids is 8. The van der Waals surface area contributed by atoms with Crippen LogP contribution in [0.1, 0.15) is 103 Å². The van der Waals surface area contributed by atoms with Crippen LogP contribution >= 0.6 is 23.2 Å². The first-order valence-electron chi connectivity index (χ1n) is 28.9. The number of aliphatic hydroxyl groups excluding tert-OH is 1. The van der Waals surface area contributed by atoms with E-state index >= 15 is 0 Å². The number of hydrogen-bond acceptors (Lipinski definition) is 15. The summed E-state index contributed by atoms with van der Waals surface area (Å²) >= 11 is 11.2. The molecule has 7 unspecified atom stereocenters. The summed E-state index contributed by atoms with van der Waals surface area (Å²) in [5, 5.41) is 21.9. The van der Waals surface area contributed by atoms with Gasteiger partial charge in [-0.05, 0) is 61.3 Å². The lowest BCUT2D eigenvalue weighted by molar-refractivity contribution is -0.149. The number of nitrogens with zero attached hydrogens (tertiary/aromatic N) is 4. The van der Waals surface area contributed by atoms with Crippen LogP contribution in [-0.2, 0) is 62.0 Å². The van der Waals surface area contributed by atoms with Gasteiger partial charge in [0.1, 0.15) is 30.5 Å². The van der Waals surface area contributed by atoms with Crippen LogP contribution < -0.4 is 21.3 Å². The van der Waals surface area contributed by atoms with Crippen molar-refractivity contribution in [2.45, 2.75) is 130 Å². The van der Waals surface area contributed by atoms with Crippen molar-refractivity contribution in [2.24, 2.45) is 28.7 Å². The van der Waals surface area contributed by atoms with E-state index < -0.39 is 84.0 Å². The second-order valence-electron chi connectivity index (χ2n) is 21.8. The van der Waals surface area contributed by atoms with Gasteiger partial charge in [-0.1, -0.05) is 85.2 Å². The van der Waals surface area contributed by atoms with Crippen molar-refractivity contribution < 1.29 is 71.9 Å². The Bertz CT molecular complexity index is 2480. The molecule has 1 saturated heterocycles. The summed E-state index contributed by atoms with van der Waals surface area (Å²) in [6.45, 7) is 16.0. The monoisotopic (exact) mass is 1230 g/mol. The molecule has 1 aliphatic heterocycles. The number of hydrogen-bond donors (Lipinski definition) is 5. The number of nitrogens with one attached hydrogen (secondary N) is 4. The number of halogens is 2. The molecule has 1 fully saturated rings. The fourth-order valence-corrected chi connectivity index (χ4v) is 10.3. The number of methoxy groups -OCH3 is 2. The van der Waals surface area contributed by atoms with Crippen LogP contribution in [0, 0.1) is 23.7 Å². The van der Waals surface area contributed by atoms with Gasteiger partial charge in [0.25, 0.3) is 5.91 Å². The number of benzene rings is 2. The maximum absolute atomic E-state index is 14.7. The van der Waals surface area contributed by atoms with Crippen molar-refractivity contribution in [1.82, 2.24) is 25.3 Å². The number of anilines is 2. The average Bonchev–Trinajstić information content (AvgIpc) is 4.15. The molecule has 25 heteroatoms. The van der Waals surface area contributed by atoms with Crippen LogP contribution in [-0.4, -0.2) is 215 Å². The fraction of sp³-hybridized carbons (Fsp3) is 0.650. The lowest BCUT2D eigenvalue weighted by atomic mass is 9.89. The third kappa shape index (κ3) is 23.2. The number of aliphatic hydroxyl groups is 1. The number of carbonyl (C=O) groups is 8. The maximum Gasteiger partial charge on any atom is 0.276 e. The largest absolute Gasteiger partial charge is 0.386 e. The first-order chi connectivity index (χ1) is 40.5. The van der Waals surface area contributed by atoms with Crippen LogP contribution in [0.5, 0.6) is 0 Å². The van der Waals surface area contributed by atoms with Crippen molar-refractivity contribution in [3.8, 4) is 0 Å². The first-order valence-corrected chi connectivity index (χ1v) is 30.0. The van der Waals surface area contributed by atoms with Crippen LogP contribution in [0.25, 0.3) is 0 Å². The number of alkyl halides is 2. The van der Waals surface area contributed by atoms with Crippen LogP contribution in [0.2, 0.25) is 0 Å². The van der Waals surface area contributed by atoms with E-state index in [1.165, 1.54) is 50.6 Å². The molecular formula is C60H92Cl2N8O15. The van der Waals surface area contributed by atoms with E-state index in [-0.39, 0.29) is 123 Å².